The lowest BCUT2D eigenvalue weighted by Crippen LogP contribution is -2.24. The maximum absolute atomic E-state index is 11.7. The molecule has 0 bridgehead atoms. The second-order valence-electron chi connectivity index (χ2n) is 3.98. The van der Waals surface area contributed by atoms with Crippen molar-refractivity contribution in [2.75, 3.05) is 11.4 Å². The molecule has 2 rings (SSSR count). The molecule has 88 valence electrons. The van der Waals surface area contributed by atoms with Crippen LogP contribution in [0.1, 0.15) is 6.42 Å². The summed E-state index contributed by atoms with van der Waals surface area (Å²) in [7, 11) is 0. The molecule has 1 saturated heterocycles. The minimum atomic E-state index is -0.456. The van der Waals surface area contributed by atoms with Crippen molar-refractivity contribution in [3.05, 3.63) is 47.0 Å². The molecule has 1 unspecified atom stereocenters. The Bertz CT molecular complexity index is 467. The Hall–Kier alpha value is -2.17. The van der Waals surface area contributed by atoms with Crippen molar-refractivity contribution in [2.24, 2.45) is 5.92 Å². The predicted molar refractivity (Wildman–Crippen MR) is 63.8 cm³/mol. The molecule has 5 heteroatoms. The van der Waals surface area contributed by atoms with Gasteiger partial charge in [-0.15, -0.1) is 6.58 Å². The molecule has 1 aromatic rings. The van der Waals surface area contributed by atoms with Gasteiger partial charge in [0.2, 0.25) is 5.91 Å². The fourth-order valence-corrected chi connectivity index (χ4v) is 1.90. The summed E-state index contributed by atoms with van der Waals surface area (Å²) in [4.78, 5) is 23.4. The second kappa shape index (κ2) is 4.37. The molecule has 1 amide bonds. The summed E-state index contributed by atoms with van der Waals surface area (Å²) in [6.07, 6.45) is 2.23. The van der Waals surface area contributed by atoms with Gasteiger partial charge in [0.05, 0.1) is 4.92 Å². The highest BCUT2D eigenvalue weighted by Crippen LogP contribution is 2.26. The molecule has 0 radical (unpaired) electrons. The molecular formula is C12H12N2O3. The van der Waals surface area contributed by atoms with E-state index in [1.54, 1.807) is 23.1 Å². The Labute approximate surface area is 98.5 Å². The SMILES string of the molecule is C=CC1CC(=O)N(c2ccc([N+](=O)[O-])cc2)C1. The smallest absolute Gasteiger partial charge is 0.269 e. The van der Waals surface area contributed by atoms with Crippen LogP contribution in [0.25, 0.3) is 0 Å². The van der Waals surface area contributed by atoms with Crippen molar-refractivity contribution >= 4 is 17.3 Å². The van der Waals surface area contributed by atoms with E-state index in [1.165, 1.54) is 12.1 Å². The summed E-state index contributed by atoms with van der Waals surface area (Å²) in [6.45, 7) is 4.27. The van der Waals surface area contributed by atoms with Gasteiger partial charge in [-0.05, 0) is 12.1 Å². The highest BCUT2D eigenvalue weighted by molar-refractivity contribution is 5.96. The van der Waals surface area contributed by atoms with Gasteiger partial charge in [-0.2, -0.15) is 0 Å². The fraction of sp³-hybridized carbons (Fsp3) is 0.250. The minimum absolute atomic E-state index is 0.0284. The van der Waals surface area contributed by atoms with Crippen molar-refractivity contribution in [3.63, 3.8) is 0 Å². The van der Waals surface area contributed by atoms with Crippen LogP contribution in [0, 0.1) is 16.0 Å². The van der Waals surface area contributed by atoms with Crippen LogP contribution in [-0.4, -0.2) is 17.4 Å². The van der Waals surface area contributed by atoms with E-state index in [0.29, 0.717) is 18.7 Å². The standard InChI is InChI=1S/C12H12N2O3/c1-2-9-7-12(15)13(8-9)10-3-5-11(6-4-10)14(16)17/h2-6,9H,1,7-8H2. The molecule has 1 heterocycles. The molecule has 1 fully saturated rings. The molecule has 1 aliphatic rings. The third-order valence-corrected chi connectivity index (χ3v) is 2.86. The topological polar surface area (TPSA) is 63.5 Å². The van der Waals surface area contributed by atoms with Crippen LogP contribution in [0.5, 0.6) is 0 Å². The predicted octanol–water partition coefficient (Wildman–Crippen LogP) is 2.13. The zero-order chi connectivity index (χ0) is 12.4. The zero-order valence-corrected chi connectivity index (χ0v) is 9.20. The van der Waals surface area contributed by atoms with Crippen LogP contribution in [0.4, 0.5) is 11.4 Å². The quantitative estimate of drug-likeness (QED) is 0.455. The van der Waals surface area contributed by atoms with Gasteiger partial charge in [0.15, 0.2) is 0 Å². The van der Waals surface area contributed by atoms with Gasteiger partial charge in [-0.25, -0.2) is 0 Å². The van der Waals surface area contributed by atoms with Gasteiger partial charge in [-0.3, -0.25) is 14.9 Å². The first-order valence-corrected chi connectivity index (χ1v) is 5.29. The maximum Gasteiger partial charge on any atom is 0.269 e. The molecule has 0 saturated carbocycles. The average Bonchev–Trinajstić information content (AvgIpc) is 2.71. The van der Waals surface area contributed by atoms with Crippen molar-refractivity contribution in [1.29, 1.82) is 0 Å². The van der Waals surface area contributed by atoms with Gasteiger partial charge in [0.25, 0.3) is 5.69 Å². The number of benzene rings is 1. The molecule has 0 spiro atoms. The van der Waals surface area contributed by atoms with Crippen molar-refractivity contribution in [3.8, 4) is 0 Å². The van der Waals surface area contributed by atoms with Crippen molar-refractivity contribution in [2.45, 2.75) is 6.42 Å². The van der Waals surface area contributed by atoms with Crippen molar-refractivity contribution < 1.29 is 9.72 Å². The van der Waals surface area contributed by atoms with Gasteiger partial charge in [0.1, 0.15) is 0 Å². The summed E-state index contributed by atoms with van der Waals surface area (Å²) in [5.41, 5.74) is 0.727. The number of nitro groups is 1. The van der Waals surface area contributed by atoms with Gasteiger partial charge < -0.3 is 4.90 Å². The van der Waals surface area contributed by atoms with Crippen LogP contribution in [0.15, 0.2) is 36.9 Å². The Morgan fingerprint density at radius 2 is 2.06 bits per heavy atom. The molecular weight excluding hydrogens is 220 g/mol. The normalized spacial score (nSPS) is 19.4. The number of hydrogen-bond acceptors (Lipinski definition) is 3. The summed E-state index contributed by atoms with van der Waals surface area (Å²) in [6, 6.07) is 6.01. The van der Waals surface area contributed by atoms with E-state index < -0.39 is 4.92 Å². The zero-order valence-electron chi connectivity index (χ0n) is 9.20. The molecule has 0 N–H and O–H groups in total. The lowest BCUT2D eigenvalue weighted by atomic mass is 10.1. The summed E-state index contributed by atoms with van der Waals surface area (Å²) < 4.78 is 0. The fourth-order valence-electron chi connectivity index (χ4n) is 1.90. The van der Waals surface area contributed by atoms with Crippen LogP contribution < -0.4 is 4.90 Å². The number of carbonyl (C=O) groups is 1. The monoisotopic (exact) mass is 232 g/mol. The molecule has 5 nitrogen and oxygen atoms in total. The summed E-state index contributed by atoms with van der Waals surface area (Å²) in [5.74, 6) is 0.196. The lowest BCUT2D eigenvalue weighted by Gasteiger charge is -2.15. The number of hydrogen-bond donors (Lipinski definition) is 0. The molecule has 1 atom stereocenters. The number of non-ortho nitro benzene ring substituents is 1. The van der Waals surface area contributed by atoms with E-state index in [4.69, 9.17) is 0 Å². The van der Waals surface area contributed by atoms with Gasteiger partial charge in [0, 0.05) is 36.7 Å². The van der Waals surface area contributed by atoms with Crippen LogP contribution in [-0.2, 0) is 4.79 Å². The second-order valence-corrected chi connectivity index (χ2v) is 3.98. The largest absolute Gasteiger partial charge is 0.312 e. The van der Waals surface area contributed by atoms with Crippen LogP contribution >= 0.6 is 0 Å². The first-order valence-electron chi connectivity index (χ1n) is 5.29. The lowest BCUT2D eigenvalue weighted by molar-refractivity contribution is -0.384. The highest BCUT2D eigenvalue weighted by Gasteiger charge is 2.28. The van der Waals surface area contributed by atoms with Crippen LogP contribution in [0.3, 0.4) is 0 Å². The summed E-state index contributed by atoms with van der Waals surface area (Å²) >= 11 is 0. The number of nitro benzene ring substituents is 1. The maximum atomic E-state index is 11.7. The Morgan fingerprint density at radius 3 is 2.53 bits per heavy atom. The van der Waals surface area contributed by atoms with E-state index >= 15 is 0 Å². The Kier molecular flexibility index (Phi) is 2.91. The van der Waals surface area contributed by atoms with E-state index in [0.717, 1.165) is 0 Å². The average molecular weight is 232 g/mol. The number of nitrogens with zero attached hydrogens (tertiary/aromatic N) is 2. The van der Waals surface area contributed by atoms with E-state index in [-0.39, 0.29) is 17.5 Å². The third-order valence-electron chi connectivity index (χ3n) is 2.86. The van der Waals surface area contributed by atoms with E-state index in [1.807, 2.05) is 0 Å². The van der Waals surface area contributed by atoms with Crippen LogP contribution in [0.2, 0.25) is 0 Å². The van der Waals surface area contributed by atoms with Gasteiger partial charge in [-0.1, -0.05) is 6.08 Å². The molecule has 0 aliphatic carbocycles. The third kappa shape index (κ3) is 2.18. The molecule has 1 aromatic carbocycles. The van der Waals surface area contributed by atoms with E-state index in [2.05, 4.69) is 6.58 Å². The number of rotatable bonds is 3. The van der Waals surface area contributed by atoms with E-state index in [9.17, 15) is 14.9 Å². The minimum Gasteiger partial charge on any atom is -0.312 e. The Balaban J connectivity index is 2.20. The van der Waals surface area contributed by atoms with Gasteiger partial charge >= 0.3 is 0 Å². The van der Waals surface area contributed by atoms with Crippen molar-refractivity contribution in [1.82, 2.24) is 0 Å². The Morgan fingerprint density at radius 1 is 1.41 bits per heavy atom. The highest BCUT2D eigenvalue weighted by atomic mass is 16.6. The first-order chi connectivity index (χ1) is 8.11. The summed E-state index contributed by atoms with van der Waals surface area (Å²) in [5, 5.41) is 10.5. The number of anilines is 1. The molecule has 1 aliphatic heterocycles. The number of amides is 1. The first kappa shape index (κ1) is 11.3. The number of carbonyl (C=O) groups excluding carboxylic acids is 1. The molecule has 17 heavy (non-hydrogen) atoms. The molecule has 0 aromatic heterocycles.